The third kappa shape index (κ3) is 3.29. The Morgan fingerprint density at radius 1 is 1.35 bits per heavy atom. The number of benzene rings is 1. The van der Waals surface area contributed by atoms with Crippen molar-refractivity contribution < 1.29 is 9.90 Å². The second-order valence-corrected chi connectivity index (χ2v) is 8.56. The normalized spacial score (nSPS) is 23.7. The van der Waals surface area contributed by atoms with Crippen LogP contribution in [0.3, 0.4) is 0 Å². The van der Waals surface area contributed by atoms with Gasteiger partial charge in [0.15, 0.2) is 0 Å². The molecule has 0 bridgehead atoms. The number of rotatable bonds is 3. The van der Waals surface area contributed by atoms with Crippen LogP contribution in [-0.2, 0) is 10.4 Å². The van der Waals surface area contributed by atoms with Crippen LogP contribution < -0.4 is 5.73 Å². The van der Waals surface area contributed by atoms with Crippen LogP contribution in [0.4, 0.5) is 0 Å². The molecule has 7 heteroatoms. The molecule has 1 unspecified atom stereocenters. The van der Waals surface area contributed by atoms with E-state index in [4.69, 9.17) is 5.73 Å². The van der Waals surface area contributed by atoms with Gasteiger partial charge in [-0.05, 0) is 35.2 Å². The molecule has 31 heavy (non-hydrogen) atoms. The molecule has 1 aliphatic heterocycles. The molecule has 160 valence electrons. The summed E-state index contributed by atoms with van der Waals surface area (Å²) in [5.74, 6) is -0.369. The van der Waals surface area contributed by atoms with E-state index in [1.54, 1.807) is 17.3 Å². The Hall–Kier alpha value is -3.21. The van der Waals surface area contributed by atoms with E-state index in [9.17, 15) is 15.2 Å². The first-order chi connectivity index (χ1) is 14.8. The highest BCUT2D eigenvalue weighted by molar-refractivity contribution is 5.97. The molecule has 0 aliphatic carbocycles. The predicted molar refractivity (Wildman–Crippen MR) is 119 cm³/mol. The molecule has 1 aromatic carbocycles. The molecule has 4 rings (SSSR count). The molecule has 1 amide bonds. The molecule has 0 spiro atoms. The van der Waals surface area contributed by atoms with Crippen molar-refractivity contribution in [2.75, 3.05) is 19.6 Å². The predicted octanol–water partition coefficient (Wildman–Crippen LogP) is 2.67. The van der Waals surface area contributed by atoms with Crippen LogP contribution in [0.15, 0.2) is 36.7 Å². The number of likely N-dealkylation sites (tertiary alicyclic amines) is 1. The van der Waals surface area contributed by atoms with Crippen molar-refractivity contribution in [3.63, 3.8) is 0 Å². The Morgan fingerprint density at radius 3 is 2.68 bits per heavy atom. The number of H-pyrrole nitrogens is 1. The van der Waals surface area contributed by atoms with Gasteiger partial charge in [-0.15, -0.1) is 0 Å². The van der Waals surface area contributed by atoms with Gasteiger partial charge in [-0.25, -0.2) is 4.98 Å². The third-order valence-electron chi connectivity index (χ3n) is 6.68. The van der Waals surface area contributed by atoms with Gasteiger partial charge < -0.3 is 20.7 Å². The van der Waals surface area contributed by atoms with Gasteiger partial charge in [-0.1, -0.05) is 32.0 Å². The lowest BCUT2D eigenvalue weighted by Crippen LogP contribution is -2.57. The summed E-state index contributed by atoms with van der Waals surface area (Å²) in [4.78, 5) is 21.2. The van der Waals surface area contributed by atoms with Crippen LogP contribution in [0.5, 0.6) is 0 Å². The second-order valence-electron chi connectivity index (χ2n) is 8.56. The molecule has 1 fully saturated rings. The zero-order valence-electron chi connectivity index (χ0n) is 18.0. The summed E-state index contributed by atoms with van der Waals surface area (Å²) >= 11 is 0. The highest BCUT2D eigenvalue weighted by atomic mass is 16.3. The lowest BCUT2D eigenvalue weighted by molar-refractivity contribution is -0.147. The van der Waals surface area contributed by atoms with Gasteiger partial charge in [-0.2, -0.15) is 5.26 Å². The number of aromatic nitrogens is 2. The monoisotopic (exact) mass is 417 g/mol. The van der Waals surface area contributed by atoms with Gasteiger partial charge >= 0.3 is 0 Å². The Labute approximate surface area is 181 Å². The van der Waals surface area contributed by atoms with E-state index in [0.29, 0.717) is 24.3 Å². The molecule has 7 nitrogen and oxygen atoms in total. The Morgan fingerprint density at radius 2 is 2.06 bits per heavy atom. The standard InChI is InChI=1S/C24H27N5O2/c1-14-8-17(19-6-7-27-23-22(19)18(9-25)11-28-23)4-5-20(14)24(31)15(2)12-29(13-16(24)3)21(30)10-26/h4-8,11,15-16,31H,10,12-13,26H2,1-3H3,(H,27,28)/t15-,16+,24?. The number of nitrogens with zero attached hydrogens (tertiary/aromatic N) is 3. The maximum absolute atomic E-state index is 12.1. The second kappa shape index (κ2) is 7.80. The molecule has 2 aromatic heterocycles. The summed E-state index contributed by atoms with van der Waals surface area (Å²) in [7, 11) is 0. The van der Waals surface area contributed by atoms with E-state index in [1.165, 1.54) is 0 Å². The molecule has 1 aliphatic rings. The van der Waals surface area contributed by atoms with Crippen molar-refractivity contribution >= 4 is 16.9 Å². The Kier molecular flexibility index (Phi) is 5.29. The number of amides is 1. The van der Waals surface area contributed by atoms with Gasteiger partial charge in [0.25, 0.3) is 0 Å². The number of nitriles is 1. The minimum atomic E-state index is -1.05. The summed E-state index contributed by atoms with van der Waals surface area (Å²) in [5.41, 5.74) is 9.45. The fraction of sp³-hybridized carbons (Fsp3) is 0.375. The van der Waals surface area contributed by atoms with E-state index in [1.807, 2.05) is 45.0 Å². The van der Waals surface area contributed by atoms with Crippen molar-refractivity contribution in [2.45, 2.75) is 26.4 Å². The number of piperidine rings is 1. The quantitative estimate of drug-likeness (QED) is 0.605. The van der Waals surface area contributed by atoms with Crippen molar-refractivity contribution in [3.8, 4) is 17.2 Å². The van der Waals surface area contributed by atoms with Gasteiger partial charge in [0.2, 0.25) is 5.91 Å². The molecule has 3 heterocycles. The number of carbonyl (C=O) groups is 1. The number of hydrogen-bond acceptors (Lipinski definition) is 5. The van der Waals surface area contributed by atoms with Gasteiger partial charge in [0.05, 0.1) is 17.7 Å². The van der Waals surface area contributed by atoms with Crippen molar-refractivity contribution in [3.05, 3.63) is 53.3 Å². The van der Waals surface area contributed by atoms with Gasteiger partial charge in [0.1, 0.15) is 11.7 Å². The summed E-state index contributed by atoms with van der Waals surface area (Å²) in [6, 6.07) is 10.1. The van der Waals surface area contributed by atoms with Crippen LogP contribution in [0.1, 0.15) is 30.5 Å². The molecule has 3 aromatic rings. The van der Waals surface area contributed by atoms with Crippen LogP contribution in [0.2, 0.25) is 0 Å². The number of carbonyl (C=O) groups excluding carboxylic acids is 1. The Balaban J connectivity index is 1.75. The first-order valence-corrected chi connectivity index (χ1v) is 10.5. The number of nitrogens with two attached hydrogens (primary N) is 1. The van der Waals surface area contributed by atoms with Crippen LogP contribution in [-0.4, -0.2) is 45.5 Å². The molecule has 3 atom stereocenters. The van der Waals surface area contributed by atoms with Crippen LogP contribution in [0, 0.1) is 30.1 Å². The maximum atomic E-state index is 12.1. The zero-order chi connectivity index (χ0) is 22.3. The third-order valence-corrected chi connectivity index (χ3v) is 6.68. The first kappa shape index (κ1) is 21.0. The van der Waals surface area contributed by atoms with Crippen molar-refractivity contribution in [1.29, 1.82) is 5.26 Å². The van der Waals surface area contributed by atoms with Crippen LogP contribution >= 0.6 is 0 Å². The highest BCUT2D eigenvalue weighted by Gasteiger charge is 2.47. The van der Waals surface area contributed by atoms with E-state index < -0.39 is 5.60 Å². The zero-order valence-corrected chi connectivity index (χ0v) is 18.0. The highest BCUT2D eigenvalue weighted by Crippen LogP contribution is 2.43. The smallest absolute Gasteiger partial charge is 0.236 e. The largest absolute Gasteiger partial charge is 0.384 e. The van der Waals surface area contributed by atoms with Gasteiger partial charge in [-0.3, -0.25) is 4.79 Å². The Bertz CT molecular complexity index is 1180. The first-order valence-electron chi connectivity index (χ1n) is 10.5. The molecule has 1 saturated heterocycles. The number of aryl methyl sites for hydroxylation is 1. The van der Waals surface area contributed by atoms with Crippen LogP contribution in [0.25, 0.3) is 22.2 Å². The van der Waals surface area contributed by atoms with E-state index in [2.05, 4.69) is 16.0 Å². The maximum Gasteiger partial charge on any atom is 0.236 e. The summed E-state index contributed by atoms with van der Waals surface area (Å²) in [6.45, 7) is 6.87. The summed E-state index contributed by atoms with van der Waals surface area (Å²) in [6.07, 6.45) is 3.39. The lowest BCUT2D eigenvalue weighted by atomic mass is 9.69. The topological polar surface area (TPSA) is 119 Å². The van der Waals surface area contributed by atoms with E-state index in [-0.39, 0.29) is 24.3 Å². The SMILES string of the molecule is Cc1cc(-c2ccnc3[nH]cc(C#N)c23)ccc1C1(O)[C@H](C)CN(C(=O)CN)C[C@@H]1C. The average Bonchev–Trinajstić information content (AvgIpc) is 3.19. The number of nitrogens with one attached hydrogen (secondary N) is 1. The fourth-order valence-corrected chi connectivity index (χ4v) is 5.03. The molecular formula is C24H27N5O2. The van der Waals surface area contributed by atoms with Gasteiger partial charge in [0, 0.05) is 42.7 Å². The van der Waals surface area contributed by atoms with E-state index >= 15 is 0 Å². The fourth-order valence-electron chi connectivity index (χ4n) is 5.03. The molecule has 4 N–H and O–H groups in total. The number of pyridine rings is 1. The molecule has 0 radical (unpaired) electrons. The molecule has 0 saturated carbocycles. The minimum absolute atomic E-state index is 0.0180. The summed E-state index contributed by atoms with van der Waals surface area (Å²) in [5, 5.41) is 22.1. The summed E-state index contributed by atoms with van der Waals surface area (Å²) < 4.78 is 0. The lowest BCUT2D eigenvalue weighted by Gasteiger charge is -2.48. The van der Waals surface area contributed by atoms with Crippen molar-refractivity contribution in [1.82, 2.24) is 14.9 Å². The average molecular weight is 418 g/mol. The van der Waals surface area contributed by atoms with Crippen molar-refractivity contribution in [2.24, 2.45) is 17.6 Å². The molecular weight excluding hydrogens is 390 g/mol. The number of aliphatic hydroxyl groups is 1. The number of fused-ring (bicyclic) bond motifs is 1. The minimum Gasteiger partial charge on any atom is -0.384 e. The number of aromatic amines is 1. The number of hydrogen-bond donors (Lipinski definition) is 3. The van der Waals surface area contributed by atoms with E-state index in [0.717, 1.165) is 27.6 Å².